The highest BCUT2D eigenvalue weighted by molar-refractivity contribution is 5.80. The summed E-state index contributed by atoms with van der Waals surface area (Å²) in [6.07, 6.45) is 5.04. The number of hydrogen-bond donors (Lipinski definition) is 0. The summed E-state index contributed by atoms with van der Waals surface area (Å²) in [6.45, 7) is 15.4. The van der Waals surface area contributed by atoms with E-state index in [4.69, 9.17) is 4.99 Å². The van der Waals surface area contributed by atoms with Gasteiger partial charge in [-0.15, -0.1) is 0 Å². The third kappa shape index (κ3) is 7.72. The molecule has 0 aliphatic heterocycles. The molecule has 16 heavy (non-hydrogen) atoms. The van der Waals surface area contributed by atoms with E-state index in [0.717, 1.165) is 13.1 Å². The summed E-state index contributed by atoms with van der Waals surface area (Å²) in [6, 6.07) is 0. The zero-order chi connectivity index (χ0) is 12.6. The van der Waals surface area contributed by atoms with Crippen molar-refractivity contribution in [1.29, 1.82) is 0 Å². The van der Waals surface area contributed by atoms with Crippen molar-refractivity contribution in [2.75, 3.05) is 13.1 Å². The Balaban J connectivity index is 4.41. The van der Waals surface area contributed by atoms with Crippen molar-refractivity contribution in [2.45, 2.75) is 72.8 Å². The van der Waals surface area contributed by atoms with Crippen LogP contribution in [0.1, 0.15) is 67.2 Å². The molecule has 96 valence electrons. The van der Waals surface area contributed by atoms with Gasteiger partial charge >= 0.3 is 0 Å². The quantitative estimate of drug-likeness (QED) is 0.491. The summed E-state index contributed by atoms with van der Waals surface area (Å²) in [5.74, 6) is 1.20. The van der Waals surface area contributed by atoms with Gasteiger partial charge in [0, 0.05) is 13.1 Å². The third-order valence-corrected chi connectivity index (χ3v) is 2.52. The number of aliphatic imine (C=N–C) groups is 1. The average molecular weight is 226 g/mol. The highest BCUT2D eigenvalue weighted by Crippen LogP contribution is 2.09. The van der Waals surface area contributed by atoms with Gasteiger partial charge in [0.05, 0.1) is 11.4 Å². The van der Waals surface area contributed by atoms with Crippen molar-refractivity contribution in [2.24, 2.45) is 4.99 Å². The van der Waals surface area contributed by atoms with Crippen LogP contribution >= 0.6 is 0 Å². The first-order valence-corrected chi connectivity index (χ1v) is 6.72. The van der Waals surface area contributed by atoms with E-state index < -0.39 is 0 Å². The van der Waals surface area contributed by atoms with E-state index in [9.17, 15) is 0 Å². The zero-order valence-electron chi connectivity index (χ0n) is 12.1. The van der Waals surface area contributed by atoms with Gasteiger partial charge in [0.15, 0.2) is 0 Å². The molecule has 0 aliphatic carbocycles. The van der Waals surface area contributed by atoms with Crippen molar-refractivity contribution in [3.63, 3.8) is 0 Å². The minimum Gasteiger partial charge on any atom is -0.361 e. The van der Waals surface area contributed by atoms with Gasteiger partial charge in [0.2, 0.25) is 0 Å². The maximum Gasteiger partial charge on any atom is 0.0964 e. The van der Waals surface area contributed by atoms with E-state index in [2.05, 4.69) is 46.4 Å². The van der Waals surface area contributed by atoms with Crippen LogP contribution in [0.4, 0.5) is 0 Å². The topological polar surface area (TPSA) is 15.6 Å². The molecular weight excluding hydrogens is 196 g/mol. The van der Waals surface area contributed by atoms with E-state index in [1.54, 1.807) is 0 Å². The summed E-state index contributed by atoms with van der Waals surface area (Å²) in [5, 5.41) is 0. The number of hydrogen-bond acceptors (Lipinski definition) is 1. The van der Waals surface area contributed by atoms with E-state index >= 15 is 0 Å². The maximum atomic E-state index is 4.76. The van der Waals surface area contributed by atoms with Crippen LogP contribution in [-0.2, 0) is 0 Å². The molecule has 0 heterocycles. The SMILES string of the molecule is CCCCN(CCCC)C(C)=NC(C)(C)C. The van der Waals surface area contributed by atoms with Gasteiger partial charge in [-0.2, -0.15) is 0 Å². The molecule has 0 bridgehead atoms. The van der Waals surface area contributed by atoms with Crippen LogP contribution in [-0.4, -0.2) is 29.4 Å². The Morgan fingerprint density at radius 2 is 1.44 bits per heavy atom. The Kier molecular flexibility index (Phi) is 7.44. The predicted octanol–water partition coefficient (Wildman–Crippen LogP) is 4.11. The van der Waals surface area contributed by atoms with Gasteiger partial charge in [-0.25, -0.2) is 0 Å². The van der Waals surface area contributed by atoms with Gasteiger partial charge < -0.3 is 4.90 Å². The van der Waals surface area contributed by atoms with Gasteiger partial charge in [-0.1, -0.05) is 26.7 Å². The summed E-state index contributed by atoms with van der Waals surface area (Å²) in [4.78, 5) is 7.20. The zero-order valence-corrected chi connectivity index (χ0v) is 12.1. The first-order chi connectivity index (χ1) is 7.40. The molecule has 0 saturated carbocycles. The molecule has 0 N–H and O–H groups in total. The Hall–Kier alpha value is -0.530. The molecule has 0 amide bonds. The van der Waals surface area contributed by atoms with Crippen LogP contribution in [0, 0.1) is 0 Å². The Morgan fingerprint density at radius 3 is 1.75 bits per heavy atom. The van der Waals surface area contributed by atoms with Gasteiger partial charge in [-0.05, 0) is 40.5 Å². The molecule has 0 spiro atoms. The van der Waals surface area contributed by atoms with Crippen LogP contribution in [0.15, 0.2) is 4.99 Å². The molecule has 0 aliphatic rings. The smallest absolute Gasteiger partial charge is 0.0964 e. The number of amidine groups is 1. The van der Waals surface area contributed by atoms with E-state index in [1.807, 2.05) is 0 Å². The molecule has 0 fully saturated rings. The summed E-state index contributed by atoms with van der Waals surface area (Å²) < 4.78 is 0. The molecule has 0 saturated heterocycles. The minimum absolute atomic E-state index is 0.0424. The number of nitrogens with zero attached hydrogens (tertiary/aromatic N) is 2. The highest BCUT2D eigenvalue weighted by Gasteiger charge is 2.11. The second-order valence-electron chi connectivity index (χ2n) is 5.52. The molecular formula is C14H30N2. The average Bonchev–Trinajstić information content (AvgIpc) is 2.15. The maximum absolute atomic E-state index is 4.76. The van der Waals surface area contributed by atoms with Gasteiger partial charge in [0.1, 0.15) is 0 Å². The number of rotatable bonds is 6. The van der Waals surface area contributed by atoms with Crippen LogP contribution in [0.25, 0.3) is 0 Å². The number of unbranched alkanes of at least 4 members (excludes halogenated alkanes) is 2. The normalized spacial score (nSPS) is 13.0. The summed E-state index contributed by atoms with van der Waals surface area (Å²) in [5.41, 5.74) is 0.0424. The van der Waals surface area contributed by atoms with Crippen LogP contribution in [0.5, 0.6) is 0 Å². The van der Waals surface area contributed by atoms with Crippen LogP contribution in [0.3, 0.4) is 0 Å². The van der Waals surface area contributed by atoms with E-state index in [-0.39, 0.29) is 5.54 Å². The van der Waals surface area contributed by atoms with Crippen molar-refractivity contribution >= 4 is 5.84 Å². The van der Waals surface area contributed by atoms with Gasteiger partial charge in [0.25, 0.3) is 0 Å². The summed E-state index contributed by atoms with van der Waals surface area (Å²) >= 11 is 0. The molecule has 0 radical (unpaired) electrons. The summed E-state index contributed by atoms with van der Waals surface area (Å²) in [7, 11) is 0. The predicted molar refractivity (Wildman–Crippen MR) is 74.3 cm³/mol. The van der Waals surface area contributed by atoms with Crippen molar-refractivity contribution in [3.8, 4) is 0 Å². The molecule has 0 rings (SSSR count). The lowest BCUT2D eigenvalue weighted by molar-refractivity contribution is 0.389. The fourth-order valence-electron chi connectivity index (χ4n) is 1.69. The molecule has 0 aromatic rings. The molecule has 0 aromatic heterocycles. The lowest BCUT2D eigenvalue weighted by Crippen LogP contribution is -2.33. The molecule has 2 heteroatoms. The lowest BCUT2D eigenvalue weighted by Gasteiger charge is -2.26. The van der Waals surface area contributed by atoms with Crippen molar-refractivity contribution in [1.82, 2.24) is 4.90 Å². The second kappa shape index (κ2) is 7.70. The molecule has 2 nitrogen and oxygen atoms in total. The third-order valence-electron chi connectivity index (χ3n) is 2.52. The molecule has 0 unspecified atom stereocenters. The second-order valence-corrected chi connectivity index (χ2v) is 5.52. The standard InChI is InChI=1S/C14H30N2/c1-7-9-11-16(12-10-8-2)13(3)15-14(4,5)6/h7-12H2,1-6H3. The monoisotopic (exact) mass is 226 g/mol. The van der Waals surface area contributed by atoms with E-state index in [0.29, 0.717) is 0 Å². The van der Waals surface area contributed by atoms with Crippen LogP contribution in [0.2, 0.25) is 0 Å². The van der Waals surface area contributed by atoms with E-state index in [1.165, 1.54) is 31.5 Å². The largest absolute Gasteiger partial charge is 0.361 e. The Bertz CT molecular complexity index is 193. The first-order valence-electron chi connectivity index (χ1n) is 6.72. The first kappa shape index (κ1) is 15.5. The van der Waals surface area contributed by atoms with Gasteiger partial charge in [-0.3, -0.25) is 4.99 Å². The highest BCUT2D eigenvalue weighted by atomic mass is 15.2. The molecule has 0 atom stereocenters. The van der Waals surface area contributed by atoms with Crippen molar-refractivity contribution in [3.05, 3.63) is 0 Å². The Morgan fingerprint density at radius 1 is 1.00 bits per heavy atom. The lowest BCUT2D eigenvalue weighted by atomic mass is 10.1. The van der Waals surface area contributed by atoms with Crippen molar-refractivity contribution < 1.29 is 0 Å². The molecule has 0 aromatic carbocycles. The van der Waals surface area contributed by atoms with Crippen LogP contribution < -0.4 is 0 Å². The minimum atomic E-state index is 0.0424. The fourth-order valence-corrected chi connectivity index (χ4v) is 1.69. The Labute approximate surface area is 102 Å². The fraction of sp³-hybridized carbons (Fsp3) is 0.929.